The normalized spacial score (nSPS) is 14.0. The molecule has 0 aliphatic carbocycles. The Morgan fingerprint density at radius 3 is 3.09 bits per heavy atom. The first-order chi connectivity index (χ1) is 5.34. The third-order valence-electron chi connectivity index (χ3n) is 1.47. The van der Waals surface area contributed by atoms with E-state index < -0.39 is 6.10 Å². The van der Waals surface area contributed by atoms with Crippen LogP contribution in [0.2, 0.25) is 0 Å². The summed E-state index contributed by atoms with van der Waals surface area (Å²) in [6.45, 7) is 1.93. The predicted molar refractivity (Wildman–Crippen MR) is 43.1 cm³/mol. The van der Waals surface area contributed by atoms with Crippen LogP contribution in [0, 0.1) is 0 Å². The van der Waals surface area contributed by atoms with Gasteiger partial charge in [-0.3, -0.25) is 0 Å². The summed E-state index contributed by atoms with van der Waals surface area (Å²) in [6, 6.07) is 3.54. The van der Waals surface area contributed by atoms with E-state index in [4.69, 9.17) is 4.42 Å². The Kier molecular flexibility index (Phi) is 2.93. The molecule has 0 fully saturated rings. The number of rotatable bonds is 3. The van der Waals surface area contributed by atoms with E-state index >= 15 is 0 Å². The summed E-state index contributed by atoms with van der Waals surface area (Å²) in [5.41, 5.74) is 0. The highest BCUT2D eigenvalue weighted by Crippen LogP contribution is 2.16. The van der Waals surface area contributed by atoms with Crippen LogP contribution in [0.15, 0.2) is 35.0 Å². The van der Waals surface area contributed by atoms with Gasteiger partial charge in [0, 0.05) is 0 Å². The number of aliphatic hydroxyl groups is 1. The van der Waals surface area contributed by atoms with E-state index in [2.05, 4.69) is 0 Å². The van der Waals surface area contributed by atoms with Crippen LogP contribution in [0.4, 0.5) is 0 Å². The van der Waals surface area contributed by atoms with Crippen molar-refractivity contribution in [3.05, 3.63) is 36.3 Å². The minimum atomic E-state index is -0.499. The molecule has 1 aromatic heterocycles. The van der Waals surface area contributed by atoms with Crippen LogP contribution in [-0.4, -0.2) is 5.11 Å². The molecule has 0 saturated heterocycles. The summed E-state index contributed by atoms with van der Waals surface area (Å²) in [6.07, 6.45) is 5.50. The highest BCUT2D eigenvalue weighted by atomic mass is 16.4. The first kappa shape index (κ1) is 8.08. The van der Waals surface area contributed by atoms with E-state index in [9.17, 15) is 5.11 Å². The Hall–Kier alpha value is -1.02. The molecule has 2 nitrogen and oxygen atoms in total. The molecule has 0 aliphatic heterocycles. The molecule has 1 aromatic rings. The molecular formula is C9H12O2. The SMILES string of the molecule is C/C=C/CC(O)c1ccco1. The van der Waals surface area contributed by atoms with E-state index in [1.54, 1.807) is 18.4 Å². The van der Waals surface area contributed by atoms with Crippen molar-refractivity contribution in [2.75, 3.05) is 0 Å². The van der Waals surface area contributed by atoms with Gasteiger partial charge in [0.2, 0.25) is 0 Å². The Morgan fingerprint density at radius 1 is 1.73 bits per heavy atom. The second-order valence-electron chi connectivity index (χ2n) is 2.34. The molecule has 0 amide bonds. The van der Waals surface area contributed by atoms with Crippen molar-refractivity contribution < 1.29 is 9.52 Å². The highest BCUT2D eigenvalue weighted by molar-refractivity contribution is 5.03. The number of furan rings is 1. The van der Waals surface area contributed by atoms with Gasteiger partial charge in [0.15, 0.2) is 0 Å². The van der Waals surface area contributed by atoms with Crippen molar-refractivity contribution in [3.8, 4) is 0 Å². The van der Waals surface area contributed by atoms with Crippen LogP contribution in [-0.2, 0) is 0 Å². The van der Waals surface area contributed by atoms with Crippen LogP contribution in [0.1, 0.15) is 25.2 Å². The molecule has 0 saturated carbocycles. The second-order valence-corrected chi connectivity index (χ2v) is 2.34. The number of allylic oxidation sites excluding steroid dienone is 1. The first-order valence-corrected chi connectivity index (χ1v) is 3.67. The quantitative estimate of drug-likeness (QED) is 0.674. The third kappa shape index (κ3) is 2.24. The zero-order chi connectivity index (χ0) is 8.10. The lowest BCUT2D eigenvalue weighted by molar-refractivity contribution is 0.153. The summed E-state index contributed by atoms with van der Waals surface area (Å²) < 4.78 is 5.01. The van der Waals surface area contributed by atoms with Crippen molar-refractivity contribution in [1.29, 1.82) is 0 Å². The van der Waals surface area contributed by atoms with Crippen LogP contribution >= 0.6 is 0 Å². The molecule has 60 valence electrons. The van der Waals surface area contributed by atoms with Crippen molar-refractivity contribution in [2.24, 2.45) is 0 Å². The minimum absolute atomic E-state index is 0.499. The van der Waals surface area contributed by atoms with Crippen molar-refractivity contribution in [3.63, 3.8) is 0 Å². The van der Waals surface area contributed by atoms with Gasteiger partial charge in [-0.1, -0.05) is 12.2 Å². The highest BCUT2D eigenvalue weighted by Gasteiger charge is 2.06. The summed E-state index contributed by atoms with van der Waals surface area (Å²) in [7, 11) is 0. The van der Waals surface area contributed by atoms with E-state index in [0.717, 1.165) is 0 Å². The maximum atomic E-state index is 9.40. The zero-order valence-electron chi connectivity index (χ0n) is 6.53. The lowest BCUT2D eigenvalue weighted by Crippen LogP contribution is -1.92. The molecule has 0 aliphatic rings. The molecule has 11 heavy (non-hydrogen) atoms. The molecule has 0 radical (unpaired) electrons. The maximum Gasteiger partial charge on any atom is 0.132 e. The molecule has 0 bridgehead atoms. The molecule has 1 unspecified atom stereocenters. The van der Waals surface area contributed by atoms with Crippen molar-refractivity contribution in [1.82, 2.24) is 0 Å². The molecule has 1 heterocycles. The molecule has 0 spiro atoms. The van der Waals surface area contributed by atoms with Gasteiger partial charge in [-0.25, -0.2) is 0 Å². The van der Waals surface area contributed by atoms with Crippen LogP contribution in [0.25, 0.3) is 0 Å². The summed E-state index contributed by atoms with van der Waals surface area (Å²) in [5, 5.41) is 9.40. The Bertz CT molecular complexity index is 211. The summed E-state index contributed by atoms with van der Waals surface area (Å²) in [5.74, 6) is 0.628. The Morgan fingerprint density at radius 2 is 2.55 bits per heavy atom. The first-order valence-electron chi connectivity index (χ1n) is 3.67. The lowest BCUT2D eigenvalue weighted by atomic mass is 10.2. The second kappa shape index (κ2) is 3.98. The van der Waals surface area contributed by atoms with Gasteiger partial charge in [-0.05, 0) is 25.5 Å². The number of hydrogen-bond donors (Lipinski definition) is 1. The van der Waals surface area contributed by atoms with E-state index in [-0.39, 0.29) is 0 Å². The van der Waals surface area contributed by atoms with Gasteiger partial charge in [-0.2, -0.15) is 0 Å². The molecular weight excluding hydrogens is 140 g/mol. The Labute approximate surface area is 66.2 Å². The van der Waals surface area contributed by atoms with Crippen LogP contribution < -0.4 is 0 Å². The molecule has 1 atom stereocenters. The monoisotopic (exact) mass is 152 g/mol. The van der Waals surface area contributed by atoms with Gasteiger partial charge >= 0.3 is 0 Å². The average molecular weight is 152 g/mol. The minimum Gasteiger partial charge on any atom is -0.467 e. The van der Waals surface area contributed by atoms with Crippen molar-refractivity contribution in [2.45, 2.75) is 19.4 Å². The van der Waals surface area contributed by atoms with Gasteiger partial charge in [0.1, 0.15) is 11.9 Å². The fourth-order valence-electron chi connectivity index (χ4n) is 0.862. The van der Waals surface area contributed by atoms with Crippen LogP contribution in [0.3, 0.4) is 0 Å². The lowest BCUT2D eigenvalue weighted by Gasteiger charge is -2.01. The Balaban J connectivity index is 2.49. The molecule has 0 aromatic carbocycles. The molecule has 1 rings (SSSR count). The maximum absolute atomic E-state index is 9.40. The smallest absolute Gasteiger partial charge is 0.132 e. The van der Waals surface area contributed by atoms with Gasteiger partial charge in [-0.15, -0.1) is 0 Å². The standard InChI is InChI=1S/C9H12O2/c1-2-3-5-8(10)9-6-4-7-11-9/h2-4,6-8,10H,5H2,1H3/b3-2+. The molecule has 1 N–H and O–H groups in total. The average Bonchev–Trinajstić information content (AvgIpc) is 2.52. The number of aliphatic hydroxyl groups excluding tert-OH is 1. The third-order valence-corrected chi connectivity index (χ3v) is 1.47. The van der Waals surface area contributed by atoms with Crippen LogP contribution in [0.5, 0.6) is 0 Å². The van der Waals surface area contributed by atoms with Gasteiger partial charge in [0.05, 0.1) is 6.26 Å². The number of hydrogen-bond acceptors (Lipinski definition) is 2. The zero-order valence-corrected chi connectivity index (χ0v) is 6.53. The topological polar surface area (TPSA) is 33.4 Å². The fourth-order valence-corrected chi connectivity index (χ4v) is 0.862. The summed E-state index contributed by atoms with van der Waals surface area (Å²) >= 11 is 0. The predicted octanol–water partition coefficient (Wildman–Crippen LogP) is 2.28. The van der Waals surface area contributed by atoms with E-state index in [1.165, 1.54) is 0 Å². The van der Waals surface area contributed by atoms with E-state index in [1.807, 2.05) is 19.1 Å². The summed E-state index contributed by atoms with van der Waals surface area (Å²) in [4.78, 5) is 0. The van der Waals surface area contributed by atoms with Gasteiger partial charge < -0.3 is 9.52 Å². The molecule has 2 heteroatoms. The van der Waals surface area contributed by atoms with Gasteiger partial charge in [0.25, 0.3) is 0 Å². The van der Waals surface area contributed by atoms with Crippen molar-refractivity contribution >= 4 is 0 Å². The fraction of sp³-hybridized carbons (Fsp3) is 0.333. The van der Waals surface area contributed by atoms with E-state index in [0.29, 0.717) is 12.2 Å². The largest absolute Gasteiger partial charge is 0.467 e.